The summed E-state index contributed by atoms with van der Waals surface area (Å²) in [6.45, 7) is 10.4. The van der Waals surface area contributed by atoms with E-state index in [1.165, 1.54) is 28.2 Å². The predicted octanol–water partition coefficient (Wildman–Crippen LogP) is 3.50. The smallest absolute Gasteiger partial charge is 0.309 e. The van der Waals surface area contributed by atoms with Gasteiger partial charge >= 0.3 is 5.97 Å². The summed E-state index contributed by atoms with van der Waals surface area (Å²) in [4.78, 5) is 35.2. The molecule has 0 amide bonds. The summed E-state index contributed by atoms with van der Waals surface area (Å²) >= 11 is 1.49. The molecule has 0 spiro atoms. The standard InChI is InChI=1S/C30H44N4O7S2/c1-17-9-8-10-22-23(34(22)43(39,40)26-14-33(7)16-31-26)12-24(18(2)11-21-15-42-20(4)32-21)41-27(36)13-25(35)30(5,6)29(38)19(3)28(17)37/h11,14-17,19,22-25,28,35,37H,8-10,12-13H2,1-7H3/b18-11+/t17-,19+,22+,23-,24?,25-,28-,34?/m0/s1. The van der Waals surface area contributed by atoms with Crippen molar-refractivity contribution in [3.63, 3.8) is 0 Å². The number of aromatic nitrogens is 3. The number of esters is 1. The molecule has 0 bridgehead atoms. The monoisotopic (exact) mass is 636 g/mol. The van der Waals surface area contributed by atoms with Crippen molar-refractivity contribution in [1.82, 2.24) is 18.8 Å². The number of rotatable bonds is 4. The Morgan fingerprint density at radius 2 is 1.88 bits per heavy atom. The molecule has 2 saturated heterocycles. The molecule has 13 heteroatoms. The Balaban J connectivity index is 1.69. The molecule has 2 aliphatic heterocycles. The maximum Gasteiger partial charge on any atom is 0.309 e. The molecule has 8 atom stereocenters. The Morgan fingerprint density at radius 3 is 2.49 bits per heavy atom. The number of nitrogens with zero attached hydrogens (tertiary/aromatic N) is 4. The number of imidazole rings is 1. The van der Waals surface area contributed by atoms with Crippen molar-refractivity contribution in [2.75, 3.05) is 0 Å². The van der Waals surface area contributed by atoms with E-state index >= 15 is 0 Å². The number of carbonyl (C=O) groups excluding carboxylic acids is 2. The molecular formula is C30H44N4O7S2. The molecule has 0 radical (unpaired) electrons. The predicted molar refractivity (Wildman–Crippen MR) is 162 cm³/mol. The molecule has 2 N–H and O–H groups in total. The first-order valence-electron chi connectivity index (χ1n) is 14.8. The third-order valence-corrected chi connectivity index (χ3v) is 11.6. The van der Waals surface area contributed by atoms with E-state index in [1.807, 2.05) is 32.2 Å². The first-order valence-corrected chi connectivity index (χ1v) is 17.1. The summed E-state index contributed by atoms with van der Waals surface area (Å²) in [6.07, 6.45) is 3.17. The minimum Gasteiger partial charge on any atom is -0.458 e. The molecule has 2 aromatic rings. The fourth-order valence-corrected chi connectivity index (χ4v) is 8.43. The molecular weight excluding hydrogens is 592 g/mol. The van der Waals surface area contributed by atoms with Gasteiger partial charge in [-0.15, -0.1) is 11.3 Å². The molecule has 11 nitrogen and oxygen atoms in total. The van der Waals surface area contributed by atoms with Gasteiger partial charge in [-0.3, -0.25) is 9.59 Å². The van der Waals surface area contributed by atoms with Crippen LogP contribution in [0.15, 0.2) is 28.5 Å². The summed E-state index contributed by atoms with van der Waals surface area (Å²) < 4.78 is 36.3. The van der Waals surface area contributed by atoms with Gasteiger partial charge in [-0.1, -0.05) is 34.1 Å². The zero-order valence-corrected chi connectivity index (χ0v) is 27.6. The van der Waals surface area contributed by atoms with E-state index in [4.69, 9.17) is 4.74 Å². The third-order valence-electron chi connectivity index (χ3n) is 8.98. The summed E-state index contributed by atoms with van der Waals surface area (Å²) in [7, 11) is -2.21. The number of hydrogen-bond donors (Lipinski definition) is 2. The van der Waals surface area contributed by atoms with Gasteiger partial charge in [0.1, 0.15) is 11.9 Å². The molecule has 2 aromatic heterocycles. The van der Waals surface area contributed by atoms with Crippen LogP contribution in [-0.4, -0.2) is 79.6 Å². The highest BCUT2D eigenvalue weighted by molar-refractivity contribution is 7.89. The lowest BCUT2D eigenvalue weighted by Gasteiger charge is -2.34. The molecule has 4 heterocycles. The van der Waals surface area contributed by atoms with Crippen LogP contribution in [0.5, 0.6) is 0 Å². The molecule has 43 heavy (non-hydrogen) atoms. The number of sulfonamides is 1. The third kappa shape index (κ3) is 7.28. The SMILES string of the molecule is C/C(=C\c1csc(C)n1)C1C[C@H]2[C@@H](CCC[C@H](C)[C@H](O)[C@@H](C)C(=O)C(C)(C)[C@@H](O)CC(=O)O1)N2S(=O)(=O)c1cn(C)cn1. The van der Waals surface area contributed by atoms with E-state index in [2.05, 4.69) is 9.97 Å². The maximum atomic E-state index is 13.7. The van der Waals surface area contributed by atoms with Crippen LogP contribution in [0, 0.1) is 24.2 Å². The van der Waals surface area contributed by atoms with Gasteiger partial charge in [0.25, 0.3) is 10.0 Å². The van der Waals surface area contributed by atoms with Crippen molar-refractivity contribution < 1.29 is 33.0 Å². The fraction of sp³-hybridized carbons (Fsp3) is 0.667. The Kier molecular flexibility index (Phi) is 10.0. The van der Waals surface area contributed by atoms with Gasteiger partial charge in [-0.05, 0) is 44.3 Å². The van der Waals surface area contributed by atoms with E-state index in [0.717, 1.165) is 5.01 Å². The number of ether oxygens (including phenoxy) is 1. The second-order valence-electron chi connectivity index (χ2n) is 12.7. The lowest BCUT2D eigenvalue weighted by Crippen LogP contribution is -2.45. The first-order chi connectivity index (χ1) is 20.0. The highest BCUT2D eigenvalue weighted by Crippen LogP contribution is 2.43. The van der Waals surface area contributed by atoms with Crippen molar-refractivity contribution in [2.45, 2.75) is 109 Å². The average molecular weight is 637 g/mol. The number of cyclic esters (lactones) is 1. The number of thiazole rings is 1. The zero-order chi connectivity index (χ0) is 31.9. The maximum absolute atomic E-state index is 13.7. The van der Waals surface area contributed by atoms with Gasteiger partial charge in [0.2, 0.25) is 0 Å². The normalized spacial score (nSPS) is 33.1. The molecule has 0 aliphatic carbocycles. The Morgan fingerprint density at radius 1 is 1.19 bits per heavy atom. The second kappa shape index (κ2) is 12.9. The number of hydrogen-bond acceptors (Lipinski definition) is 10. The van der Waals surface area contributed by atoms with E-state index in [1.54, 1.807) is 32.4 Å². The van der Waals surface area contributed by atoms with Crippen molar-refractivity contribution in [3.8, 4) is 0 Å². The highest BCUT2D eigenvalue weighted by Gasteiger charge is 2.56. The average Bonchev–Trinajstić information content (AvgIpc) is 3.19. The molecule has 0 aromatic carbocycles. The van der Waals surface area contributed by atoms with Crippen LogP contribution < -0.4 is 0 Å². The van der Waals surface area contributed by atoms with E-state index < -0.39 is 58.1 Å². The van der Waals surface area contributed by atoms with Crippen LogP contribution in [0.25, 0.3) is 6.08 Å². The van der Waals surface area contributed by atoms with Crippen molar-refractivity contribution in [3.05, 3.63) is 34.2 Å². The lowest BCUT2D eigenvalue weighted by atomic mass is 9.73. The Labute approximate surface area is 258 Å². The first kappa shape index (κ1) is 33.4. The van der Waals surface area contributed by atoms with E-state index in [0.29, 0.717) is 30.5 Å². The van der Waals surface area contributed by atoms with Crippen LogP contribution in [0.1, 0.15) is 77.4 Å². The van der Waals surface area contributed by atoms with Crippen LogP contribution >= 0.6 is 11.3 Å². The highest BCUT2D eigenvalue weighted by atomic mass is 32.2. The number of carbonyl (C=O) groups is 2. The zero-order valence-electron chi connectivity index (χ0n) is 25.9. The van der Waals surface area contributed by atoms with Gasteiger partial charge < -0.3 is 19.5 Å². The van der Waals surface area contributed by atoms with E-state index in [-0.39, 0.29) is 29.2 Å². The van der Waals surface area contributed by atoms with Crippen LogP contribution in [0.3, 0.4) is 0 Å². The number of ketones is 1. The van der Waals surface area contributed by atoms with E-state index in [9.17, 15) is 28.2 Å². The Bertz CT molecular complexity index is 1460. The molecule has 2 fully saturated rings. The summed E-state index contributed by atoms with van der Waals surface area (Å²) in [5.74, 6) is -2.04. The van der Waals surface area contributed by atoms with Crippen LogP contribution in [0.4, 0.5) is 0 Å². The summed E-state index contributed by atoms with van der Waals surface area (Å²) in [5.41, 5.74) is 0.0988. The minimum atomic E-state index is -3.91. The topological polar surface area (TPSA) is 152 Å². The largest absolute Gasteiger partial charge is 0.458 e. The molecule has 2 unspecified atom stereocenters. The van der Waals surface area contributed by atoms with Gasteiger partial charge in [-0.25, -0.2) is 18.4 Å². The number of aliphatic hydroxyl groups excluding tert-OH is 2. The van der Waals surface area contributed by atoms with Gasteiger partial charge in [0.05, 0.1) is 41.1 Å². The number of aliphatic hydroxyl groups is 2. The van der Waals surface area contributed by atoms with Gasteiger partial charge in [-0.2, -0.15) is 4.31 Å². The molecule has 0 saturated carbocycles. The Hall–Kier alpha value is -2.45. The number of Topliss-reactive ketones (excluding diaryl/α,β-unsaturated/α-hetero) is 1. The van der Waals surface area contributed by atoms with Crippen LogP contribution in [-0.2, 0) is 31.4 Å². The fourth-order valence-electron chi connectivity index (χ4n) is 6.03. The number of fused-ring (bicyclic) bond motifs is 1. The quantitative estimate of drug-likeness (QED) is 0.380. The van der Waals surface area contributed by atoms with Gasteiger partial charge in [0.15, 0.2) is 5.03 Å². The lowest BCUT2D eigenvalue weighted by molar-refractivity contribution is -0.154. The van der Waals surface area contributed by atoms with Crippen molar-refractivity contribution in [2.24, 2.45) is 24.3 Å². The molecule has 2 aliphatic rings. The van der Waals surface area contributed by atoms with Gasteiger partial charge in [0, 0.05) is 43.0 Å². The van der Waals surface area contributed by atoms with Crippen LogP contribution in [0.2, 0.25) is 0 Å². The van der Waals surface area contributed by atoms with Crippen molar-refractivity contribution in [1.29, 1.82) is 0 Å². The molecule has 4 rings (SSSR count). The second-order valence-corrected chi connectivity index (χ2v) is 15.6. The molecule has 238 valence electrons. The summed E-state index contributed by atoms with van der Waals surface area (Å²) in [6, 6.07) is -0.788. The summed E-state index contributed by atoms with van der Waals surface area (Å²) in [5, 5.41) is 24.8. The minimum absolute atomic E-state index is 0.0476. The van der Waals surface area contributed by atoms with Crippen molar-refractivity contribution >= 4 is 39.2 Å². The number of aryl methyl sites for hydroxylation is 2.